The first-order chi connectivity index (χ1) is 10.4. The van der Waals surface area contributed by atoms with Crippen molar-refractivity contribution in [3.63, 3.8) is 0 Å². The Labute approximate surface area is 131 Å². The van der Waals surface area contributed by atoms with Gasteiger partial charge in [0.05, 0.1) is 0 Å². The Hall–Kier alpha value is -1.63. The molecule has 0 aromatic carbocycles. The van der Waals surface area contributed by atoms with Gasteiger partial charge in [-0.05, 0) is 27.2 Å². The molecule has 1 fully saturated rings. The topological polar surface area (TPSA) is 77.7 Å². The summed E-state index contributed by atoms with van der Waals surface area (Å²) < 4.78 is 15.6. The minimum absolute atomic E-state index is 0.255. The van der Waals surface area contributed by atoms with Crippen molar-refractivity contribution in [3.8, 4) is 0 Å². The molecule has 22 heavy (non-hydrogen) atoms. The summed E-state index contributed by atoms with van der Waals surface area (Å²) in [5, 5.41) is 3.96. The number of rotatable bonds is 6. The lowest BCUT2D eigenvalue weighted by Crippen LogP contribution is -2.52. The van der Waals surface area contributed by atoms with E-state index in [0.29, 0.717) is 37.9 Å². The maximum absolute atomic E-state index is 11.8. The molecule has 0 unspecified atom stereocenters. The van der Waals surface area contributed by atoms with Crippen molar-refractivity contribution in [2.75, 3.05) is 26.8 Å². The van der Waals surface area contributed by atoms with Crippen molar-refractivity contribution in [1.82, 2.24) is 15.0 Å². The highest BCUT2D eigenvalue weighted by molar-refractivity contribution is 5.69. The van der Waals surface area contributed by atoms with Gasteiger partial charge in [0, 0.05) is 45.6 Å². The second-order valence-corrected chi connectivity index (χ2v) is 6.66. The van der Waals surface area contributed by atoms with Crippen molar-refractivity contribution in [2.45, 2.75) is 45.6 Å². The van der Waals surface area contributed by atoms with Gasteiger partial charge in [0.2, 0.25) is 5.89 Å². The first-order valence-corrected chi connectivity index (χ1v) is 7.65. The van der Waals surface area contributed by atoms with Crippen LogP contribution in [0.3, 0.4) is 0 Å². The van der Waals surface area contributed by atoms with E-state index in [1.54, 1.807) is 12.0 Å². The molecule has 7 heteroatoms. The Morgan fingerprint density at radius 1 is 1.41 bits per heavy atom. The molecular weight excluding hydrogens is 286 g/mol. The van der Waals surface area contributed by atoms with Crippen molar-refractivity contribution in [1.29, 1.82) is 0 Å². The summed E-state index contributed by atoms with van der Waals surface area (Å²) in [7, 11) is 1.68. The predicted octanol–water partition coefficient (Wildman–Crippen LogP) is 2.06. The summed E-state index contributed by atoms with van der Waals surface area (Å²) in [6, 6.07) is 0. The van der Waals surface area contributed by atoms with Gasteiger partial charge in [0.15, 0.2) is 5.82 Å². The number of methoxy groups -OCH3 is 1. The Bertz CT molecular complexity index is 489. The number of carbonyl (C=O) groups is 1. The molecule has 0 saturated carbocycles. The second-order valence-electron chi connectivity index (χ2n) is 6.66. The van der Waals surface area contributed by atoms with Crippen LogP contribution in [0.25, 0.3) is 0 Å². The first-order valence-electron chi connectivity index (χ1n) is 7.65. The van der Waals surface area contributed by atoms with E-state index in [1.165, 1.54) is 0 Å². The van der Waals surface area contributed by atoms with E-state index in [4.69, 9.17) is 14.0 Å². The van der Waals surface area contributed by atoms with E-state index < -0.39 is 5.60 Å². The zero-order valence-electron chi connectivity index (χ0n) is 13.8. The van der Waals surface area contributed by atoms with E-state index in [1.807, 2.05) is 20.8 Å². The molecule has 0 aliphatic carbocycles. The molecule has 2 rings (SSSR count). The average Bonchev–Trinajstić information content (AvgIpc) is 2.79. The number of aryl methyl sites for hydroxylation is 1. The standard InChI is InChI=1S/C15H25N3O4/c1-15(2,3)21-14(19)18-9-11(10-18)8-13-16-12(17-22-13)6-5-7-20-4/h11H,5-10H2,1-4H3. The van der Waals surface area contributed by atoms with Gasteiger partial charge in [-0.25, -0.2) is 4.79 Å². The summed E-state index contributed by atoms with van der Waals surface area (Å²) in [6.45, 7) is 7.65. The number of amides is 1. The lowest BCUT2D eigenvalue weighted by atomic mass is 9.97. The molecular formula is C15H25N3O4. The van der Waals surface area contributed by atoms with E-state index in [-0.39, 0.29) is 6.09 Å². The van der Waals surface area contributed by atoms with Gasteiger partial charge in [0.25, 0.3) is 0 Å². The van der Waals surface area contributed by atoms with Gasteiger partial charge in [0.1, 0.15) is 5.60 Å². The van der Waals surface area contributed by atoms with Gasteiger partial charge < -0.3 is 18.9 Å². The van der Waals surface area contributed by atoms with Crippen LogP contribution >= 0.6 is 0 Å². The zero-order valence-corrected chi connectivity index (χ0v) is 13.8. The molecule has 1 aliphatic heterocycles. The van der Waals surface area contributed by atoms with E-state index >= 15 is 0 Å². The van der Waals surface area contributed by atoms with Crippen LogP contribution < -0.4 is 0 Å². The van der Waals surface area contributed by atoms with Crippen molar-refractivity contribution in [2.24, 2.45) is 5.92 Å². The lowest BCUT2D eigenvalue weighted by Gasteiger charge is -2.39. The molecule has 1 aromatic heterocycles. The van der Waals surface area contributed by atoms with Gasteiger partial charge in [-0.2, -0.15) is 4.98 Å². The molecule has 7 nitrogen and oxygen atoms in total. The first kappa shape index (κ1) is 16.7. The van der Waals surface area contributed by atoms with Crippen LogP contribution in [-0.2, 0) is 22.3 Å². The number of aromatic nitrogens is 2. The number of carbonyl (C=O) groups excluding carboxylic acids is 1. The lowest BCUT2D eigenvalue weighted by molar-refractivity contribution is -0.00186. The highest BCUT2D eigenvalue weighted by atomic mass is 16.6. The van der Waals surface area contributed by atoms with Crippen LogP contribution in [0.5, 0.6) is 0 Å². The van der Waals surface area contributed by atoms with Gasteiger partial charge in [-0.15, -0.1) is 0 Å². The maximum atomic E-state index is 11.8. The molecule has 0 spiro atoms. The maximum Gasteiger partial charge on any atom is 0.410 e. The summed E-state index contributed by atoms with van der Waals surface area (Å²) in [5.74, 6) is 1.72. The Kier molecular flexibility index (Phi) is 5.39. The molecule has 2 heterocycles. The van der Waals surface area contributed by atoms with Crippen molar-refractivity contribution < 1.29 is 18.8 Å². The SMILES string of the molecule is COCCCc1noc(CC2CN(C(=O)OC(C)(C)C)C2)n1. The monoisotopic (exact) mass is 311 g/mol. The minimum atomic E-state index is -0.453. The van der Waals surface area contributed by atoms with Crippen LogP contribution in [0.4, 0.5) is 4.79 Å². The Morgan fingerprint density at radius 2 is 2.14 bits per heavy atom. The number of hydrogen-bond acceptors (Lipinski definition) is 6. The molecule has 0 atom stereocenters. The summed E-state index contributed by atoms with van der Waals surface area (Å²) in [6.07, 6.45) is 2.09. The fourth-order valence-electron chi connectivity index (χ4n) is 2.27. The van der Waals surface area contributed by atoms with Gasteiger partial charge in [-0.1, -0.05) is 5.16 Å². The predicted molar refractivity (Wildman–Crippen MR) is 79.5 cm³/mol. The van der Waals surface area contributed by atoms with Crippen molar-refractivity contribution in [3.05, 3.63) is 11.7 Å². The number of ether oxygens (including phenoxy) is 2. The van der Waals surface area contributed by atoms with E-state index in [9.17, 15) is 4.79 Å². The van der Waals surface area contributed by atoms with Crippen LogP contribution in [-0.4, -0.2) is 53.5 Å². The summed E-state index contributed by atoms with van der Waals surface area (Å²) in [5.41, 5.74) is -0.453. The molecule has 0 bridgehead atoms. The van der Waals surface area contributed by atoms with Crippen LogP contribution in [0.2, 0.25) is 0 Å². The quantitative estimate of drug-likeness (QED) is 0.748. The van der Waals surface area contributed by atoms with E-state index in [0.717, 1.165) is 18.7 Å². The third-order valence-corrected chi connectivity index (χ3v) is 3.33. The van der Waals surface area contributed by atoms with Crippen LogP contribution in [0.1, 0.15) is 38.9 Å². The third kappa shape index (κ3) is 4.98. The number of nitrogens with zero attached hydrogens (tertiary/aromatic N) is 3. The highest BCUT2D eigenvalue weighted by Gasteiger charge is 2.34. The fourth-order valence-corrected chi connectivity index (χ4v) is 2.27. The number of likely N-dealkylation sites (tertiary alicyclic amines) is 1. The number of hydrogen-bond donors (Lipinski definition) is 0. The zero-order chi connectivity index (χ0) is 16.2. The molecule has 1 aromatic rings. The minimum Gasteiger partial charge on any atom is -0.444 e. The molecule has 124 valence electrons. The van der Waals surface area contributed by atoms with Crippen LogP contribution in [0, 0.1) is 5.92 Å². The third-order valence-electron chi connectivity index (χ3n) is 3.33. The second kappa shape index (κ2) is 7.09. The van der Waals surface area contributed by atoms with Crippen molar-refractivity contribution >= 4 is 6.09 Å². The molecule has 0 N–H and O–H groups in total. The molecule has 0 radical (unpaired) electrons. The fraction of sp³-hybridized carbons (Fsp3) is 0.800. The normalized spacial score (nSPS) is 15.7. The summed E-state index contributed by atoms with van der Waals surface area (Å²) in [4.78, 5) is 17.9. The molecule has 1 saturated heterocycles. The largest absolute Gasteiger partial charge is 0.444 e. The Morgan fingerprint density at radius 3 is 2.77 bits per heavy atom. The molecule has 1 aliphatic rings. The van der Waals surface area contributed by atoms with Gasteiger partial charge >= 0.3 is 6.09 Å². The van der Waals surface area contributed by atoms with Crippen LogP contribution in [0.15, 0.2) is 4.52 Å². The average molecular weight is 311 g/mol. The molecule has 1 amide bonds. The van der Waals surface area contributed by atoms with E-state index in [2.05, 4.69) is 10.1 Å². The summed E-state index contributed by atoms with van der Waals surface area (Å²) >= 11 is 0. The smallest absolute Gasteiger partial charge is 0.410 e. The Balaban J connectivity index is 1.70. The van der Waals surface area contributed by atoms with Gasteiger partial charge in [-0.3, -0.25) is 0 Å². The highest BCUT2D eigenvalue weighted by Crippen LogP contribution is 2.22.